The van der Waals surface area contributed by atoms with Crippen LogP contribution in [-0.2, 0) is 16.0 Å². The zero-order valence-corrected chi connectivity index (χ0v) is 13.2. The first-order valence-electron chi connectivity index (χ1n) is 7.61. The summed E-state index contributed by atoms with van der Waals surface area (Å²) in [4.78, 5) is 12.4. The topological polar surface area (TPSA) is 35.5 Å². The molecule has 0 unspecified atom stereocenters. The molecule has 0 spiro atoms. The van der Waals surface area contributed by atoms with E-state index in [2.05, 4.69) is 6.92 Å². The Labute approximate surface area is 125 Å². The maximum Gasteiger partial charge on any atom is 0.317 e. The summed E-state index contributed by atoms with van der Waals surface area (Å²) >= 11 is 0. The first-order valence-corrected chi connectivity index (χ1v) is 7.61. The van der Waals surface area contributed by atoms with Crippen LogP contribution in [0.5, 0.6) is 5.75 Å². The zero-order chi connectivity index (χ0) is 15.2. The van der Waals surface area contributed by atoms with Gasteiger partial charge in [-0.2, -0.15) is 0 Å². The smallest absolute Gasteiger partial charge is 0.317 e. The lowest BCUT2D eigenvalue weighted by atomic mass is 9.68. The predicted octanol–water partition coefficient (Wildman–Crippen LogP) is 3.96. The molecule has 1 atom stereocenters. The average molecular weight is 286 g/mol. The number of allylic oxidation sites excluding steroid dienone is 1. The molecule has 112 valence electrons. The Morgan fingerprint density at radius 1 is 1.33 bits per heavy atom. The van der Waals surface area contributed by atoms with Crippen LogP contribution in [0.3, 0.4) is 0 Å². The molecular formula is C18H22O3. The van der Waals surface area contributed by atoms with Crippen molar-refractivity contribution in [3.8, 4) is 5.75 Å². The lowest BCUT2D eigenvalue weighted by Crippen LogP contribution is -2.40. The largest absolute Gasteiger partial charge is 0.497 e. The molecule has 0 saturated heterocycles. The normalized spacial score (nSPS) is 23.2. The molecule has 21 heavy (non-hydrogen) atoms. The summed E-state index contributed by atoms with van der Waals surface area (Å²) in [5, 5.41) is 0. The van der Waals surface area contributed by atoms with E-state index in [-0.39, 0.29) is 11.9 Å². The number of benzene rings is 1. The van der Waals surface area contributed by atoms with E-state index < -0.39 is 5.41 Å². The number of hydrogen-bond acceptors (Lipinski definition) is 3. The van der Waals surface area contributed by atoms with Gasteiger partial charge in [0.2, 0.25) is 0 Å². The molecule has 3 nitrogen and oxygen atoms in total. The number of carbonyl (C=O) groups excluding carboxylic acids is 1. The van der Waals surface area contributed by atoms with Gasteiger partial charge in [-0.15, -0.1) is 0 Å². The molecular weight excluding hydrogens is 264 g/mol. The monoisotopic (exact) mass is 286 g/mol. The van der Waals surface area contributed by atoms with Crippen LogP contribution in [0.4, 0.5) is 0 Å². The second kappa shape index (κ2) is 4.90. The van der Waals surface area contributed by atoms with Crippen LogP contribution >= 0.6 is 0 Å². The molecule has 1 heterocycles. The van der Waals surface area contributed by atoms with Crippen molar-refractivity contribution >= 4 is 11.7 Å². The minimum Gasteiger partial charge on any atom is -0.497 e. The molecule has 3 rings (SSSR count). The number of fused-ring (bicyclic) bond motifs is 2. The van der Waals surface area contributed by atoms with E-state index in [0.717, 1.165) is 36.3 Å². The fraction of sp³-hybridized carbons (Fsp3) is 0.500. The number of aryl methyl sites for hydroxylation is 1. The number of carbonyl (C=O) groups is 1. The van der Waals surface area contributed by atoms with E-state index >= 15 is 0 Å². The Hall–Kier alpha value is -1.77. The molecule has 1 aromatic rings. The summed E-state index contributed by atoms with van der Waals surface area (Å²) in [5.74, 6) is 1.81. The molecule has 0 bridgehead atoms. The van der Waals surface area contributed by atoms with Crippen LogP contribution in [0.25, 0.3) is 5.76 Å². The van der Waals surface area contributed by atoms with Gasteiger partial charge in [-0.25, -0.2) is 0 Å². The van der Waals surface area contributed by atoms with Crippen molar-refractivity contribution < 1.29 is 14.3 Å². The molecule has 0 radical (unpaired) electrons. The van der Waals surface area contributed by atoms with Gasteiger partial charge < -0.3 is 9.47 Å². The van der Waals surface area contributed by atoms with Gasteiger partial charge in [0.15, 0.2) is 0 Å². The van der Waals surface area contributed by atoms with Crippen molar-refractivity contribution in [1.29, 1.82) is 0 Å². The molecule has 0 fully saturated rings. The number of rotatable bonds is 2. The minimum atomic E-state index is -0.433. The molecule has 0 aromatic heterocycles. The third-order valence-corrected chi connectivity index (χ3v) is 4.93. The van der Waals surface area contributed by atoms with E-state index in [1.54, 1.807) is 7.11 Å². The third kappa shape index (κ3) is 2.06. The zero-order valence-electron chi connectivity index (χ0n) is 13.2. The van der Waals surface area contributed by atoms with E-state index in [0.29, 0.717) is 0 Å². The quantitative estimate of drug-likeness (QED) is 0.772. The summed E-state index contributed by atoms with van der Waals surface area (Å²) in [5.41, 5.74) is 3.13. The highest BCUT2D eigenvalue weighted by molar-refractivity contribution is 5.88. The maximum absolute atomic E-state index is 12.4. The lowest BCUT2D eigenvalue weighted by molar-refractivity contribution is -0.151. The number of hydrogen-bond donors (Lipinski definition) is 0. The van der Waals surface area contributed by atoms with Crippen molar-refractivity contribution in [3.63, 3.8) is 0 Å². The first kappa shape index (κ1) is 14.2. The van der Waals surface area contributed by atoms with Crippen LogP contribution < -0.4 is 4.74 Å². The predicted molar refractivity (Wildman–Crippen MR) is 81.9 cm³/mol. The Morgan fingerprint density at radius 3 is 2.76 bits per heavy atom. The summed E-state index contributed by atoms with van der Waals surface area (Å²) in [7, 11) is 1.67. The van der Waals surface area contributed by atoms with Crippen molar-refractivity contribution in [3.05, 3.63) is 34.9 Å². The van der Waals surface area contributed by atoms with Gasteiger partial charge in [0.05, 0.1) is 12.5 Å². The Balaban J connectivity index is 2.13. The highest BCUT2D eigenvalue weighted by Gasteiger charge is 2.46. The molecule has 0 saturated carbocycles. The average Bonchev–Trinajstić information content (AvgIpc) is 2.47. The number of methoxy groups -OCH3 is 1. The van der Waals surface area contributed by atoms with E-state index in [4.69, 9.17) is 9.47 Å². The summed E-state index contributed by atoms with van der Waals surface area (Å²) in [6.07, 6.45) is 2.91. The van der Waals surface area contributed by atoms with E-state index in [1.165, 1.54) is 11.1 Å². The highest BCUT2D eigenvalue weighted by Crippen LogP contribution is 2.49. The van der Waals surface area contributed by atoms with Crippen molar-refractivity contribution in [2.45, 2.75) is 40.0 Å². The molecule has 2 aliphatic rings. The summed E-state index contributed by atoms with van der Waals surface area (Å²) < 4.78 is 11.0. The van der Waals surface area contributed by atoms with Crippen molar-refractivity contribution in [2.24, 2.45) is 11.3 Å². The number of esters is 1. The highest BCUT2D eigenvalue weighted by atomic mass is 16.5. The van der Waals surface area contributed by atoms with E-state index in [1.807, 2.05) is 32.0 Å². The minimum absolute atomic E-state index is 0.114. The molecule has 0 N–H and O–H groups in total. The van der Waals surface area contributed by atoms with Crippen molar-refractivity contribution in [2.75, 3.05) is 7.11 Å². The third-order valence-electron chi connectivity index (χ3n) is 4.93. The van der Waals surface area contributed by atoms with Gasteiger partial charge in [0.25, 0.3) is 0 Å². The van der Waals surface area contributed by atoms with Crippen molar-refractivity contribution in [1.82, 2.24) is 0 Å². The Kier molecular flexibility index (Phi) is 3.31. The van der Waals surface area contributed by atoms with Gasteiger partial charge in [0.1, 0.15) is 11.5 Å². The van der Waals surface area contributed by atoms with Crippen LogP contribution in [0, 0.1) is 11.3 Å². The molecule has 1 aromatic carbocycles. The standard InChI is InChI=1S/C18H22O3/c1-5-15-14-8-6-11-10-12(20-4)7-9-13(11)16(14)21-17(19)18(15,2)3/h7,9-10,15H,5-6,8H2,1-4H3/t15-/m0/s1. The molecule has 1 aliphatic carbocycles. The summed E-state index contributed by atoms with van der Waals surface area (Å²) in [6, 6.07) is 6.00. The Bertz CT molecular complexity index is 625. The lowest BCUT2D eigenvalue weighted by Gasteiger charge is -2.41. The van der Waals surface area contributed by atoms with Gasteiger partial charge >= 0.3 is 5.97 Å². The van der Waals surface area contributed by atoms with Crippen LogP contribution in [-0.4, -0.2) is 13.1 Å². The molecule has 3 heteroatoms. The van der Waals surface area contributed by atoms with E-state index in [9.17, 15) is 4.79 Å². The van der Waals surface area contributed by atoms with Gasteiger partial charge in [-0.1, -0.05) is 6.92 Å². The van der Waals surface area contributed by atoms with Gasteiger partial charge in [-0.3, -0.25) is 4.79 Å². The van der Waals surface area contributed by atoms with Gasteiger partial charge in [-0.05, 0) is 68.4 Å². The maximum atomic E-state index is 12.4. The summed E-state index contributed by atoms with van der Waals surface area (Å²) in [6.45, 7) is 6.15. The molecule has 1 aliphatic heterocycles. The van der Waals surface area contributed by atoms with Crippen LogP contribution in [0.2, 0.25) is 0 Å². The second-order valence-electron chi connectivity index (χ2n) is 6.45. The number of ether oxygens (including phenoxy) is 2. The van der Waals surface area contributed by atoms with Gasteiger partial charge in [0, 0.05) is 5.56 Å². The second-order valence-corrected chi connectivity index (χ2v) is 6.45. The van der Waals surface area contributed by atoms with Crippen LogP contribution in [0.1, 0.15) is 44.7 Å². The fourth-order valence-electron chi connectivity index (χ4n) is 3.69. The van der Waals surface area contributed by atoms with Crippen LogP contribution in [0.15, 0.2) is 23.8 Å². The fourth-order valence-corrected chi connectivity index (χ4v) is 3.69. The first-order chi connectivity index (χ1) is 9.98. The SMILES string of the molecule is CC[C@H]1C2=C(OC(=O)C1(C)C)c1ccc(OC)cc1CC2. The molecule has 0 amide bonds. The Morgan fingerprint density at radius 2 is 2.10 bits per heavy atom.